The molecule has 4 heteroatoms. The quantitative estimate of drug-likeness (QED) is 0.766. The maximum atomic E-state index is 5.38. The van der Waals surface area contributed by atoms with E-state index in [1.807, 2.05) is 0 Å². The molecule has 0 aliphatic heterocycles. The van der Waals surface area contributed by atoms with Crippen LogP contribution < -0.4 is 5.73 Å². The predicted molar refractivity (Wildman–Crippen MR) is 50.4 cm³/mol. The summed E-state index contributed by atoms with van der Waals surface area (Å²) in [5.74, 6) is 1.45. The van der Waals surface area contributed by atoms with Crippen molar-refractivity contribution in [1.82, 2.24) is 10.1 Å². The Hall–Kier alpha value is -0.900. The molecule has 0 aliphatic rings. The van der Waals surface area contributed by atoms with Gasteiger partial charge >= 0.3 is 0 Å². The van der Waals surface area contributed by atoms with Crippen molar-refractivity contribution in [3.63, 3.8) is 0 Å². The molecule has 0 spiro atoms. The van der Waals surface area contributed by atoms with Crippen molar-refractivity contribution in [3.8, 4) is 0 Å². The minimum atomic E-state index is -0.0372. The summed E-state index contributed by atoms with van der Waals surface area (Å²) < 4.78 is 5.08. The van der Waals surface area contributed by atoms with Crippen LogP contribution in [0.3, 0.4) is 0 Å². The summed E-state index contributed by atoms with van der Waals surface area (Å²) in [5.41, 5.74) is 5.34. The topological polar surface area (TPSA) is 64.9 Å². The van der Waals surface area contributed by atoms with E-state index in [1.165, 1.54) is 0 Å². The third-order valence-corrected chi connectivity index (χ3v) is 1.73. The van der Waals surface area contributed by atoms with E-state index in [9.17, 15) is 0 Å². The van der Waals surface area contributed by atoms with Crippen LogP contribution in [-0.2, 0) is 11.8 Å². The van der Waals surface area contributed by atoms with Gasteiger partial charge in [0.25, 0.3) is 0 Å². The Morgan fingerprint density at radius 1 is 1.38 bits per heavy atom. The monoisotopic (exact) mass is 183 g/mol. The van der Waals surface area contributed by atoms with E-state index in [1.54, 1.807) is 0 Å². The number of nitrogens with zero attached hydrogens (tertiary/aromatic N) is 2. The number of aryl methyl sites for hydroxylation is 1. The Labute approximate surface area is 78.5 Å². The maximum Gasteiger partial charge on any atom is 0.226 e. The van der Waals surface area contributed by atoms with Crippen molar-refractivity contribution in [3.05, 3.63) is 11.7 Å². The van der Waals surface area contributed by atoms with E-state index < -0.39 is 0 Å². The van der Waals surface area contributed by atoms with Crippen LogP contribution in [0.15, 0.2) is 4.52 Å². The van der Waals surface area contributed by atoms with Gasteiger partial charge in [0.2, 0.25) is 5.89 Å². The molecular formula is C9H17N3O. The first-order valence-electron chi connectivity index (χ1n) is 4.57. The van der Waals surface area contributed by atoms with E-state index in [4.69, 9.17) is 10.3 Å². The predicted octanol–water partition coefficient (Wildman–Crippen LogP) is 1.26. The van der Waals surface area contributed by atoms with Crippen molar-refractivity contribution in [2.24, 2.45) is 5.73 Å². The van der Waals surface area contributed by atoms with Crippen LogP contribution in [-0.4, -0.2) is 16.7 Å². The molecule has 0 saturated carbocycles. The summed E-state index contributed by atoms with van der Waals surface area (Å²) >= 11 is 0. The fourth-order valence-electron chi connectivity index (χ4n) is 0.914. The Bertz CT molecular complexity index is 262. The van der Waals surface area contributed by atoms with Gasteiger partial charge in [-0.25, -0.2) is 0 Å². The van der Waals surface area contributed by atoms with Gasteiger partial charge in [-0.05, 0) is 13.0 Å². The normalized spacial score (nSPS) is 12.0. The van der Waals surface area contributed by atoms with Gasteiger partial charge in [0, 0.05) is 11.8 Å². The van der Waals surface area contributed by atoms with Crippen molar-refractivity contribution in [2.45, 2.75) is 39.0 Å². The molecule has 0 fully saturated rings. The average Bonchev–Trinajstić information content (AvgIpc) is 2.47. The van der Waals surface area contributed by atoms with E-state index in [0.29, 0.717) is 12.4 Å². The van der Waals surface area contributed by atoms with Crippen molar-refractivity contribution in [2.75, 3.05) is 6.54 Å². The van der Waals surface area contributed by atoms with Gasteiger partial charge in [-0.3, -0.25) is 0 Å². The van der Waals surface area contributed by atoms with Crippen LogP contribution in [0.4, 0.5) is 0 Å². The number of aromatic nitrogens is 2. The van der Waals surface area contributed by atoms with Crippen LogP contribution >= 0.6 is 0 Å². The number of rotatable bonds is 3. The van der Waals surface area contributed by atoms with Crippen LogP contribution in [0.5, 0.6) is 0 Å². The maximum absolute atomic E-state index is 5.38. The zero-order valence-electron chi connectivity index (χ0n) is 8.50. The molecule has 0 radical (unpaired) electrons. The van der Waals surface area contributed by atoms with Gasteiger partial charge < -0.3 is 10.3 Å². The van der Waals surface area contributed by atoms with Crippen molar-refractivity contribution in [1.29, 1.82) is 0 Å². The van der Waals surface area contributed by atoms with Crippen LogP contribution in [0, 0.1) is 0 Å². The number of hydrogen-bond donors (Lipinski definition) is 1. The Morgan fingerprint density at radius 2 is 2.08 bits per heavy atom. The summed E-state index contributed by atoms with van der Waals surface area (Å²) in [4.78, 5) is 4.29. The van der Waals surface area contributed by atoms with E-state index >= 15 is 0 Å². The Morgan fingerprint density at radius 3 is 2.54 bits per heavy atom. The highest BCUT2D eigenvalue weighted by Gasteiger charge is 2.20. The highest BCUT2D eigenvalue weighted by atomic mass is 16.5. The zero-order chi connectivity index (χ0) is 9.90. The standard InChI is InChI=1S/C9H17N3O/c1-9(2,3)8-11-7(13-12-8)5-4-6-10/h4-6,10H2,1-3H3. The minimum absolute atomic E-state index is 0.0372. The fraction of sp³-hybridized carbons (Fsp3) is 0.778. The molecule has 1 aromatic rings. The van der Waals surface area contributed by atoms with Crippen LogP contribution in [0.1, 0.15) is 38.9 Å². The molecule has 1 heterocycles. The molecule has 0 aliphatic carbocycles. The second-order valence-electron chi connectivity index (χ2n) is 4.15. The lowest BCUT2D eigenvalue weighted by Gasteiger charge is -2.10. The van der Waals surface area contributed by atoms with Gasteiger partial charge in [-0.1, -0.05) is 25.9 Å². The average molecular weight is 183 g/mol. The van der Waals surface area contributed by atoms with Crippen LogP contribution in [0.25, 0.3) is 0 Å². The summed E-state index contributed by atoms with van der Waals surface area (Å²) in [5, 5.41) is 3.91. The third-order valence-electron chi connectivity index (χ3n) is 1.73. The van der Waals surface area contributed by atoms with Crippen LogP contribution in [0.2, 0.25) is 0 Å². The lowest BCUT2D eigenvalue weighted by Crippen LogP contribution is -2.13. The zero-order valence-corrected chi connectivity index (χ0v) is 8.50. The largest absolute Gasteiger partial charge is 0.339 e. The Balaban J connectivity index is 2.64. The molecule has 0 saturated heterocycles. The van der Waals surface area contributed by atoms with E-state index in [-0.39, 0.29) is 5.41 Å². The van der Waals surface area contributed by atoms with Crippen molar-refractivity contribution < 1.29 is 4.52 Å². The molecule has 2 N–H and O–H groups in total. The fourth-order valence-corrected chi connectivity index (χ4v) is 0.914. The minimum Gasteiger partial charge on any atom is -0.339 e. The smallest absolute Gasteiger partial charge is 0.226 e. The molecule has 0 aromatic carbocycles. The van der Waals surface area contributed by atoms with Gasteiger partial charge in [0.15, 0.2) is 5.82 Å². The second-order valence-corrected chi connectivity index (χ2v) is 4.15. The molecular weight excluding hydrogens is 166 g/mol. The SMILES string of the molecule is CC(C)(C)c1noc(CCCN)n1. The van der Waals surface area contributed by atoms with E-state index in [2.05, 4.69) is 30.9 Å². The summed E-state index contributed by atoms with van der Waals surface area (Å²) in [6.45, 7) is 6.84. The van der Waals surface area contributed by atoms with Gasteiger partial charge in [-0.15, -0.1) is 0 Å². The molecule has 0 unspecified atom stereocenters. The van der Waals surface area contributed by atoms with E-state index in [0.717, 1.165) is 18.7 Å². The molecule has 0 atom stereocenters. The highest BCUT2D eigenvalue weighted by Crippen LogP contribution is 2.18. The molecule has 0 amide bonds. The molecule has 4 nitrogen and oxygen atoms in total. The summed E-state index contributed by atoms with van der Waals surface area (Å²) in [6, 6.07) is 0. The van der Waals surface area contributed by atoms with Gasteiger partial charge in [0.1, 0.15) is 0 Å². The lowest BCUT2D eigenvalue weighted by molar-refractivity contribution is 0.361. The molecule has 1 aromatic heterocycles. The number of hydrogen-bond acceptors (Lipinski definition) is 4. The summed E-state index contributed by atoms with van der Waals surface area (Å²) in [7, 11) is 0. The first-order valence-corrected chi connectivity index (χ1v) is 4.57. The lowest BCUT2D eigenvalue weighted by atomic mass is 9.96. The molecule has 1 rings (SSSR count). The summed E-state index contributed by atoms with van der Waals surface area (Å²) in [6.07, 6.45) is 1.67. The molecule has 13 heavy (non-hydrogen) atoms. The second kappa shape index (κ2) is 3.87. The first-order chi connectivity index (χ1) is 6.04. The van der Waals surface area contributed by atoms with Crippen molar-refractivity contribution >= 4 is 0 Å². The van der Waals surface area contributed by atoms with Gasteiger partial charge in [-0.2, -0.15) is 4.98 Å². The number of nitrogens with two attached hydrogens (primary N) is 1. The highest BCUT2D eigenvalue weighted by molar-refractivity contribution is 4.99. The molecule has 74 valence electrons. The Kier molecular flexibility index (Phi) is 3.03. The first kappa shape index (κ1) is 10.2. The third kappa shape index (κ3) is 2.81. The molecule has 0 bridgehead atoms. The van der Waals surface area contributed by atoms with Gasteiger partial charge in [0.05, 0.1) is 0 Å².